The zero-order valence-corrected chi connectivity index (χ0v) is 11.3. The van der Waals surface area contributed by atoms with E-state index in [2.05, 4.69) is 15.9 Å². The molecule has 0 radical (unpaired) electrons. The van der Waals surface area contributed by atoms with Crippen molar-refractivity contribution in [1.82, 2.24) is 0 Å². The Balaban J connectivity index is 3.03. The van der Waals surface area contributed by atoms with Crippen LogP contribution in [0.2, 0.25) is 0 Å². The molecule has 0 amide bonds. The molecular formula is C11H16BrFO3. The molecule has 0 aromatic rings. The number of rotatable bonds is 4. The molecule has 1 aliphatic rings. The van der Waals surface area contributed by atoms with Gasteiger partial charge in [-0.2, -0.15) is 0 Å². The summed E-state index contributed by atoms with van der Waals surface area (Å²) in [6.07, 6.45) is -0.158. The minimum absolute atomic E-state index is 0.299. The smallest absolute Gasteiger partial charge is 0.187 e. The van der Waals surface area contributed by atoms with Crippen molar-refractivity contribution in [3.05, 3.63) is 21.6 Å². The molecule has 3 nitrogen and oxygen atoms in total. The van der Waals surface area contributed by atoms with E-state index in [4.69, 9.17) is 14.2 Å². The summed E-state index contributed by atoms with van der Waals surface area (Å²) in [7, 11) is 1.45. The minimum atomic E-state index is -0.643. The molecule has 0 bridgehead atoms. The maximum absolute atomic E-state index is 14.1. The molecule has 0 aliphatic carbocycles. The summed E-state index contributed by atoms with van der Waals surface area (Å²) in [5.41, 5.74) is 0.371. The molecule has 0 aromatic heterocycles. The monoisotopic (exact) mass is 294 g/mol. The van der Waals surface area contributed by atoms with E-state index < -0.39 is 12.1 Å². The molecule has 0 unspecified atom stereocenters. The molecule has 0 saturated carbocycles. The van der Waals surface area contributed by atoms with Crippen LogP contribution in [-0.2, 0) is 14.2 Å². The highest BCUT2D eigenvalue weighted by molar-refractivity contribution is 9.11. The van der Waals surface area contributed by atoms with Crippen LogP contribution < -0.4 is 0 Å². The van der Waals surface area contributed by atoms with Crippen molar-refractivity contribution in [2.24, 2.45) is 0 Å². The Bertz CT molecular complexity index is 296. The van der Waals surface area contributed by atoms with Crippen molar-refractivity contribution in [1.29, 1.82) is 0 Å². The normalized spacial score (nSPS) is 20.6. The van der Waals surface area contributed by atoms with Gasteiger partial charge in [0.05, 0.1) is 25.9 Å². The van der Waals surface area contributed by atoms with E-state index in [0.29, 0.717) is 35.4 Å². The fraction of sp³-hybridized carbons (Fsp3) is 0.636. The lowest BCUT2D eigenvalue weighted by Crippen LogP contribution is -2.14. The van der Waals surface area contributed by atoms with Crippen LogP contribution in [0.25, 0.3) is 0 Å². The van der Waals surface area contributed by atoms with Crippen molar-refractivity contribution < 1.29 is 18.6 Å². The summed E-state index contributed by atoms with van der Waals surface area (Å²) in [4.78, 5) is 0. The van der Waals surface area contributed by atoms with E-state index in [0.717, 1.165) is 0 Å². The second kappa shape index (κ2) is 6.37. The lowest BCUT2D eigenvalue weighted by atomic mass is 10.1. The van der Waals surface area contributed by atoms with Crippen LogP contribution in [0.5, 0.6) is 0 Å². The Morgan fingerprint density at radius 3 is 2.38 bits per heavy atom. The van der Waals surface area contributed by atoms with E-state index in [1.54, 1.807) is 6.92 Å². The van der Waals surface area contributed by atoms with Crippen LogP contribution in [0, 0.1) is 0 Å². The van der Waals surface area contributed by atoms with E-state index in [-0.39, 0.29) is 0 Å². The van der Waals surface area contributed by atoms with Crippen LogP contribution in [0.15, 0.2) is 21.6 Å². The average molecular weight is 295 g/mol. The Kier molecular flexibility index (Phi) is 5.44. The number of allylic oxidation sites excluding steroid dienone is 2. The fourth-order valence-corrected chi connectivity index (χ4v) is 1.84. The third-order valence-corrected chi connectivity index (χ3v) is 2.70. The highest BCUT2D eigenvalue weighted by Crippen LogP contribution is 2.31. The minimum Gasteiger partial charge on any atom is -0.498 e. The average Bonchev–Trinajstić information content (AvgIpc) is 2.72. The molecule has 0 N–H and O–H groups in total. The summed E-state index contributed by atoms with van der Waals surface area (Å²) < 4.78 is 30.4. The number of methoxy groups -OCH3 is 1. The Labute approximate surface area is 103 Å². The maximum Gasteiger partial charge on any atom is 0.187 e. The summed E-state index contributed by atoms with van der Waals surface area (Å²) in [6, 6.07) is 0. The Morgan fingerprint density at radius 2 is 2.00 bits per heavy atom. The first-order valence-electron chi connectivity index (χ1n) is 5.14. The van der Waals surface area contributed by atoms with Crippen molar-refractivity contribution >= 4 is 15.9 Å². The van der Waals surface area contributed by atoms with Crippen molar-refractivity contribution in [2.45, 2.75) is 26.6 Å². The van der Waals surface area contributed by atoms with Gasteiger partial charge in [0.15, 0.2) is 12.1 Å². The second-order valence-corrected chi connectivity index (χ2v) is 4.50. The van der Waals surface area contributed by atoms with Gasteiger partial charge in [-0.25, -0.2) is 4.39 Å². The maximum atomic E-state index is 14.1. The van der Waals surface area contributed by atoms with E-state index >= 15 is 0 Å². The van der Waals surface area contributed by atoms with Gasteiger partial charge in [-0.05, 0) is 6.92 Å². The van der Waals surface area contributed by atoms with E-state index in [9.17, 15) is 4.39 Å². The molecule has 5 heteroatoms. The molecule has 0 atom stereocenters. The SMILES string of the molecule is CC/C(OC)=C(F)\C(=C(/C)Br)C1OCCO1. The molecule has 0 aromatic carbocycles. The molecule has 1 rings (SSSR count). The van der Waals surface area contributed by atoms with Gasteiger partial charge in [0.2, 0.25) is 0 Å². The second-order valence-electron chi connectivity index (χ2n) is 3.32. The molecule has 16 heavy (non-hydrogen) atoms. The van der Waals surface area contributed by atoms with Crippen molar-refractivity contribution in [3.63, 3.8) is 0 Å². The first kappa shape index (κ1) is 13.7. The first-order chi connectivity index (χ1) is 7.61. The zero-order chi connectivity index (χ0) is 12.1. The number of ether oxygens (including phenoxy) is 3. The zero-order valence-electron chi connectivity index (χ0n) is 9.68. The predicted molar refractivity (Wildman–Crippen MR) is 62.8 cm³/mol. The van der Waals surface area contributed by atoms with Gasteiger partial charge in [-0.3, -0.25) is 0 Å². The first-order valence-corrected chi connectivity index (χ1v) is 5.93. The highest BCUT2D eigenvalue weighted by Gasteiger charge is 2.27. The number of hydrogen-bond acceptors (Lipinski definition) is 3. The lowest BCUT2D eigenvalue weighted by Gasteiger charge is -2.15. The van der Waals surface area contributed by atoms with Gasteiger partial charge in [0.1, 0.15) is 5.76 Å². The van der Waals surface area contributed by atoms with Gasteiger partial charge >= 0.3 is 0 Å². The number of halogens is 2. The van der Waals surface area contributed by atoms with Crippen molar-refractivity contribution in [3.8, 4) is 0 Å². The summed E-state index contributed by atoms with van der Waals surface area (Å²) >= 11 is 3.27. The topological polar surface area (TPSA) is 27.7 Å². The Hall–Kier alpha value is -0.390. The molecule has 0 spiro atoms. The summed E-state index contributed by atoms with van der Waals surface area (Å²) in [6.45, 7) is 4.55. The third-order valence-electron chi connectivity index (χ3n) is 2.28. The quantitative estimate of drug-likeness (QED) is 0.588. The predicted octanol–water partition coefficient (Wildman–Crippen LogP) is 3.27. The molecule has 92 valence electrons. The summed E-state index contributed by atoms with van der Waals surface area (Å²) in [5.74, 6) is -0.112. The standard InChI is InChI=1S/C11H16BrFO3/c1-4-8(14-3)10(13)9(7(2)12)11-15-5-6-16-11/h11H,4-6H2,1-3H3/b9-7-,10-8-. The van der Waals surface area contributed by atoms with Gasteiger partial charge < -0.3 is 14.2 Å². The summed E-state index contributed by atoms with van der Waals surface area (Å²) in [5, 5.41) is 0. The molecule has 1 aliphatic heterocycles. The van der Waals surface area contributed by atoms with Crippen LogP contribution in [0.1, 0.15) is 20.3 Å². The van der Waals surface area contributed by atoms with Crippen LogP contribution in [0.4, 0.5) is 4.39 Å². The van der Waals surface area contributed by atoms with Crippen LogP contribution >= 0.6 is 15.9 Å². The number of hydrogen-bond donors (Lipinski definition) is 0. The highest BCUT2D eigenvalue weighted by atomic mass is 79.9. The lowest BCUT2D eigenvalue weighted by molar-refractivity contribution is -0.0120. The largest absolute Gasteiger partial charge is 0.498 e. The molecular weight excluding hydrogens is 279 g/mol. The van der Waals surface area contributed by atoms with Gasteiger partial charge in [-0.15, -0.1) is 0 Å². The van der Waals surface area contributed by atoms with Gasteiger partial charge in [-0.1, -0.05) is 22.9 Å². The van der Waals surface area contributed by atoms with Crippen molar-refractivity contribution in [2.75, 3.05) is 20.3 Å². The van der Waals surface area contributed by atoms with E-state index in [1.807, 2.05) is 6.92 Å². The Morgan fingerprint density at radius 1 is 1.44 bits per heavy atom. The molecule has 1 saturated heterocycles. The van der Waals surface area contributed by atoms with Gasteiger partial charge in [0, 0.05) is 10.9 Å². The van der Waals surface area contributed by atoms with Crippen LogP contribution in [0.3, 0.4) is 0 Å². The van der Waals surface area contributed by atoms with E-state index in [1.165, 1.54) is 7.11 Å². The van der Waals surface area contributed by atoms with Gasteiger partial charge in [0.25, 0.3) is 0 Å². The van der Waals surface area contributed by atoms with Crippen LogP contribution in [-0.4, -0.2) is 26.6 Å². The fourth-order valence-electron chi connectivity index (χ4n) is 1.48. The molecule has 1 heterocycles. The third kappa shape index (κ3) is 3.06. The molecule has 1 fully saturated rings.